The fourth-order valence-corrected chi connectivity index (χ4v) is 1.82. The number of halogens is 1. The van der Waals surface area contributed by atoms with E-state index in [1.54, 1.807) is 24.3 Å². The summed E-state index contributed by atoms with van der Waals surface area (Å²) in [7, 11) is 0. The number of ether oxygens (including phenoxy) is 1. The molecule has 9 heteroatoms. The molecule has 0 heterocycles. The molecule has 3 N–H and O–H groups in total. The summed E-state index contributed by atoms with van der Waals surface area (Å²) in [6.45, 7) is -0.0843. The number of rotatable bonds is 9. The van der Waals surface area contributed by atoms with E-state index in [0.717, 1.165) is 5.56 Å². The van der Waals surface area contributed by atoms with Gasteiger partial charge in [-0.3, -0.25) is 14.4 Å². The van der Waals surface area contributed by atoms with Crippen molar-refractivity contribution in [1.29, 1.82) is 0 Å². The van der Waals surface area contributed by atoms with Crippen molar-refractivity contribution in [1.82, 2.24) is 10.6 Å². The van der Waals surface area contributed by atoms with Crippen LogP contribution >= 0.6 is 0 Å². The molecule has 0 radical (unpaired) electrons. The molecule has 1 rings (SSSR count). The van der Waals surface area contributed by atoms with E-state index in [1.165, 1.54) is 6.92 Å². The predicted octanol–water partition coefficient (Wildman–Crippen LogP) is 0.799. The first kappa shape index (κ1) is 20.1. The normalized spacial score (nSPS) is 12.6. The van der Waals surface area contributed by atoms with Crippen molar-refractivity contribution in [2.45, 2.75) is 32.0 Å². The van der Waals surface area contributed by atoms with Crippen LogP contribution < -0.4 is 10.6 Å². The Labute approximate surface area is 143 Å². The minimum absolute atomic E-state index is 0.00297. The Morgan fingerprint density at radius 2 is 1.80 bits per heavy atom. The number of amides is 2. The number of Topliss-reactive ketones (excluding diaryl/α,β-unsaturated/α-hetero) is 1. The molecule has 2 atom stereocenters. The Morgan fingerprint density at radius 1 is 1.16 bits per heavy atom. The molecule has 1 aromatic carbocycles. The average Bonchev–Trinajstić information content (AvgIpc) is 2.59. The number of benzene rings is 1. The molecule has 25 heavy (non-hydrogen) atoms. The molecular weight excluding hydrogens is 335 g/mol. The number of carbonyl (C=O) groups is 4. The predicted molar refractivity (Wildman–Crippen MR) is 84.4 cm³/mol. The Kier molecular flexibility index (Phi) is 8.04. The molecule has 1 aromatic rings. The molecule has 0 aromatic heterocycles. The van der Waals surface area contributed by atoms with Crippen molar-refractivity contribution < 1.29 is 33.4 Å². The van der Waals surface area contributed by atoms with Crippen molar-refractivity contribution in [3.8, 4) is 0 Å². The minimum Gasteiger partial charge on any atom is -0.481 e. The highest BCUT2D eigenvalue weighted by molar-refractivity contribution is 5.94. The lowest BCUT2D eigenvalue weighted by atomic mass is 10.1. The molecule has 1 unspecified atom stereocenters. The number of hydrogen-bond acceptors (Lipinski definition) is 5. The van der Waals surface area contributed by atoms with Gasteiger partial charge in [-0.25, -0.2) is 9.18 Å². The Balaban J connectivity index is 2.49. The fraction of sp³-hybridized carbons (Fsp3) is 0.375. The highest BCUT2D eigenvalue weighted by atomic mass is 19.1. The van der Waals surface area contributed by atoms with Crippen molar-refractivity contribution in [3.63, 3.8) is 0 Å². The van der Waals surface area contributed by atoms with Crippen molar-refractivity contribution in [3.05, 3.63) is 35.9 Å². The molecule has 0 saturated carbocycles. The van der Waals surface area contributed by atoms with Gasteiger partial charge in [-0.1, -0.05) is 30.3 Å². The van der Waals surface area contributed by atoms with Crippen LogP contribution in [-0.4, -0.2) is 47.6 Å². The van der Waals surface area contributed by atoms with Gasteiger partial charge in [0.2, 0.25) is 5.91 Å². The van der Waals surface area contributed by atoms with E-state index in [2.05, 4.69) is 10.6 Å². The van der Waals surface area contributed by atoms with Crippen LogP contribution in [-0.2, 0) is 25.7 Å². The number of hydrogen-bond donors (Lipinski definition) is 3. The summed E-state index contributed by atoms with van der Waals surface area (Å²) < 4.78 is 17.4. The van der Waals surface area contributed by atoms with Gasteiger partial charge in [0.05, 0.1) is 6.42 Å². The summed E-state index contributed by atoms with van der Waals surface area (Å²) in [6.07, 6.45) is -1.61. The first-order valence-corrected chi connectivity index (χ1v) is 7.41. The molecule has 2 amide bonds. The van der Waals surface area contributed by atoms with Gasteiger partial charge in [-0.2, -0.15) is 0 Å². The monoisotopic (exact) mass is 354 g/mol. The van der Waals surface area contributed by atoms with Gasteiger partial charge in [-0.05, 0) is 12.5 Å². The lowest BCUT2D eigenvalue weighted by Crippen LogP contribution is -2.51. The lowest BCUT2D eigenvalue weighted by molar-refractivity contribution is -0.140. The van der Waals surface area contributed by atoms with Gasteiger partial charge >= 0.3 is 12.1 Å². The lowest BCUT2D eigenvalue weighted by Gasteiger charge is -2.18. The summed E-state index contributed by atoms with van der Waals surface area (Å²) >= 11 is 0. The highest BCUT2D eigenvalue weighted by Crippen LogP contribution is 2.01. The van der Waals surface area contributed by atoms with Crippen molar-refractivity contribution in [2.24, 2.45) is 0 Å². The third-order valence-electron chi connectivity index (χ3n) is 3.16. The molecule has 0 aliphatic carbocycles. The number of nitrogens with one attached hydrogen (secondary N) is 2. The number of carboxylic acid groups (broad SMARTS) is 1. The van der Waals surface area contributed by atoms with E-state index in [-0.39, 0.29) is 6.61 Å². The average molecular weight is 354 g/mol. The summed E-state index contributed by atoms with van der Waals surface area (Å²) in [5.41, 5.74) is 0.754. The topological polar surface area (TPSA) is 122 Å². The zero-order chi connectivity index (χ0) is 18.8. The van der Waals surface area contributed by atoms with Crippen LogP contribution in [0.5, 0.6) is 0 Å². The molecule has 0 bridgehead atoms. The van der Waals surface area contributed by atoms with E-state index in [9.17, 15) is 23.6 Å². The second-order valence-electron chi connectivity index (χ2n) is 5.19. The van der Waals surface area contributed by atoms with E-state index in [1.807, 2.05) is 6.07 Å². The quantitative estimate of drug-likeness (QED) is 0.603. The van der Waals surface area contributed by atoms with Crippen LogP contribution in [0.15, 0.2) is 30.3 Å². The summed E-state index contributed by atoms with van der Waals surface area (Å²) in [4.78, 5) is 45.6. The first-order valence-electron chi connectivity index (χ1n) is 7.41. The Bertz CT molecular complexity index is 622. The van der Waals surface area contributed by atoms with Gasteiger partial charge in [0.1, 0.15) is 25.4 Å². The van der Waals surface area contributed by atoms with E-state index in [4.69, 9.17) is 9.84 Å². The van der Waals surface area contributed by atoms with Crippen LogP contribution in [0, 0.1) is 0 Å². The largest absolute Gasteiger partial charge is 0.481 e. The van der Waals surface area contributed by atoms with Crippen LogP contribution in [0.2, 0.25) is 0 Å². The molecule has 8 nitrogen and oxygen atoms in total. The summed E-state index contributed by atoms with van der Waals surface area (Å²) in [5.74, 6) is -3.26. The zero-order valence-corrected chi connectivity index (χ0v) is 13.5. The number of alkyl halides is 1. The standard InChI is InChI=1S/C16H19FN2O6/c1-10(15(23)19-12(7-14(21)22)13(20)8-17)18-16(24)25-9-11-5-3-2-4-6-11/h2-6,10,12H,7-9H2,1H3,(H,18,24)(H,19,23)(H,21,22)/t10-,12?/m0/s1. The fourth-order valence-electron chi connectivity index (χ4n) is 1.82. The number of carboxylic acids is 1. The van der Waals surface area contributed by atoms with E-state index < -0.39 is 48.9 Å². The van der Waals surface area contributed by atoms with Crippen LogP contribution in [0.3, 0.4) is 0 Å². The van der Waals surface area contributed by atoms with Gasteiger partial charge in [0.15, 0.2) is 5.78 Å². The van der Waals surface area contributed by atoms with Crippen LogP contribution in [0.25, 0.3) is 0 Å². The number of alkyl carbamates (subject to hydrolysis) is 1. The van der Waals surface area contributed by atoms with Gasteiger partial charge in [0, 0.05) is 0 Å². The minimum atomic E-state index is -1.50. The van der Waals surface area contributed by atoms with Gasteiger partial charge in [0.25, 0.3) is 0 Å². The summed E-state index contributed by atoms with van der Waals surface area (Å²) in [5, 5.41) is 13.0. The third-order valence-corrected chi connectivity index (χ3v) is 3.16. The van der Waals surface area contributed by atoms with Crippen LogP contribution in [0.1, 0.15) is 18.9 Å². The molecular formula is C16H19FN2O6. The second-order valence-corrected chi connectivity index (χ2v) is 5.19. The SMILES string of the molecule is C[C@H](NC(=O)OCc1ccccc1)C(=O)NC(CC(=O)O)C(=O)CF. The number of carbonyl (C=O) groups excluding carboxylic acids is 3. The second kappa shape index (κ2) is 10.0. The third kappa shape index (κ3) is 7.42. The number of aliphatic carboxylic acids is 1. The molecule has 0 aliphatic rings. The zero-order valence-electron chi connectivity index (χ0n) is 13.5. The van der Waals surface area contributed by atoms with Gasteiger partial charge in [-0.15, -0.1) is 0 Å². The van der Waals surface area contributed by atoms with Crippen molar-refractivity contribution >= 4 is 23.8 Å². The molecule has 0 fully saturated rings. The van der Waals surface area contributed by atoms with Crippen LogP contribution in [0.4, 0.5) is 9.18 Å². The molecule has 0 spiro atoms. The van der Waals surface area contributed by atoms with Crippen molar-refractivity contribution in [2.75, 3.05) is 6.67 Å². The smallest absolute Gasteiger partial charge is 0.408 e. The molecule has 0 saturated heterocycles. The Morgan fingerprint density at radius 3 is 2.36 bits per heavy atom. The number of ketones is 1. The summed E-state index contributed by atoms with van der Waals surface area (Å²) in [6, 6.07) is 6.26. The first-order chi connectivity index (χ1) is 11.8. The maximum absolute atomic E-state index is 12.4. The maximum atomic E-state index is 12.4. The van der Waals surface area contributed by atoms with E-state index >= 15 is 0 Å². The van der Waals surface area contributed by atoms with Gasteiger partial charge < -0.3 is 20.5 Å². The van der Waals surface area contributed by atoms with E-state index in [0.29, 0.717) is 0 Å². The molecule has 0 aliphatic heterocycles. The maximum Gasteiger partial charge on any atom is 0.408 e. The molecule has 136 valence electrons. The Hall–Kier alpha value is -2.97. The highest BCUT2D eigenvalue weighted by Gasteiger charge is 2.26.